The van der Waals surface area contributed by atoms with Gasteiger partial charge in [-0.25, -0.2) is 0 Å². The van der Waals surface area contributed by atoms with Gasteiger partial charge in [0.25, 0.3) is 0 Å². The third-order valence-electron chi connectivity index (χ3n) is 3.14. The van der Waals surface area contributed by atoms with Gasteiger partial charge < -0.3 is 10.5 Å². The molecule has 21 heavy (non-hydrogen) atoms. The molecule has 2 aromatic carbocycles. The lowest BCUT2D eigenvalue weighted by molar-refractivity contribution is -0.137. The van der Waals surface area contributed by atoms with Crippen LogP contribution in [0.25, 0.3) is 0 Å². The fourth-order valence-electron chi connectivity index (χ4n) is 1.93. The van der Waals surface area contributed by atoms with Crippen LogP contribution in [-0.4, -0.2) is 0 Å². The van der Waals surface area contributed by atoms with Crippen molar-refractivity contribution in [3.05, 3.63) is 64.7 Å². The molecule has 5 heteroatoms. The maximum atomic E-state index is 12.6. The molecule has 112 valence electrons. The Morgan fingerprint density at radius 2 is 1.81 bits per heavy atom. The van der Waals surface area contributed by atoms with E-state index in [2.05, 4.69) is 0 Å². The third-order valence-corrected chi connectivity index (χ3v) is 3.14. The SMILES string of the molecule is Cc1ccc(CN)cc1OCc1cccc(C(F)(F)F)c1. The zero-order valence-electron chi connectivity index (χ0n) is 11.6. The number of aryl methyl sites for hydroxylation is 1. The van der Waals surface area contributed by atoms with Gasteiger partial charge in [0.1, 0.15) is 12.4 Å². The molecule has 0 aliphatic carbocycles. The summed E-state index contributed by atoms with van der Waals surface area (Å²) < 4.78 is 43.5. The van der Waals surface area contributed by atoms with Crippen molar-refractivity contribution < 1.29 is 17.9 Å². The predicted molar refractivity (Wildman–Crippen MR) is 74.8 cm³/mol. The van der Waals surface area contributed by atoms with E-state index in [-0.39, 0.29) is 6.61 Å². The number of ether oxygens (including phenoxy) is 1. The summed E-state index contributed by atoms with van der Waals surface area (Å²) >= 11 is 0. The molecular weight excluding hydrogens is 279 g/mol. The van der Waals surface area contributed by atoms with Crippen molar-refractivity contribution in [1.29, 1.82) is 0 Å². The first-order valence-electron chi connectivity index (χ1n) is 6.48. The van der Waals surface area contributed by atoms with Gasteiger partial charge in [-0.05, 0) is 41.8 Å². The van der Waals surface area contributed by atoms with Crippen LogP contribution in [0.3, 0.4) is 0 Å². The van der Waals surface area contributed by atoms with Crippen LogP contribution < -0.4 is 10.5 Å². The van der Waals surface area contributed by atoms with Gasteiger partial charge in [0.2, 0.25) is 0 Å². The van der Waals surface area contributed by atoms with Crippen molar-refractivity contribution in [2.45, 2.75) is 26.3 Å². The summed E-state index contributed by atoms with van der Waals surface area (Å²) in [6, 6.07) is 10.7. The molecule has 2 nitrogen and oxygen atoms in total. The first kappa shape index (κ1) is 15.4. The Labute approximate surface area is 121 Å². The molecule has 2 rings (SSSR count). The van der Waals surface area contributed by atoms with Crippen LogP contribution >= 0.6 is 0 Å². The van der Waals surface area contributed by atoms with Crippen LogP contribution in [-0.2, 0) is 19.3 Å². The lowest BCUT2D eigenvalue weighted by Gasteiger charge is -2.12. The standard InChI is InChI=1S/C16H16F3NO/c1-11-5-6-12(9-20)8-15(11)21-10-13-3-2-4-14(7-13)16(17,18)19/h2-8H,9-10,20H2,1H3. The minimum atomic E-state index is -4.34. The third kappa shape index (κ3) is 3.98. The van der Waals surface area contributed by atoms with Gasteiger partial charge in [0.05, 0.1) is 5.56 Å². The van der Waals surface area contributed by atoms with Crippen LogP contribution in [0.2, 0.25) is 0 Å². The van der Waals surface area contributed by atoms with E-state index in [0.717, 1.165) is 23.3 Å². The van der Waals surface area contributed by atoms with Gasteiger partial charge in [0.15, 0.2) is 0 Å². The highest BCUT2D eigenvalue weighted by atomic mass is 19.4. The van der Waals surface area contributed by atoms with Crippen molar-refractivity contribution in [1.82, 2.24) is 0 Å². The van der Waals surface area contributed by atoms with E-state index in [9.17, 15) is 13.2 Å². The van der Waals surface area contributed by atoms with Crippen LogP contribution in [0.5, 0.6) is 5.75 Å². The Bertz CT molecular complexity index is 623. The number of nitrogens with two attached hydrogens (primary N) is 1. The van der Waals surface area contributed by atoms with Gasteiger partial charge >= 0.3 is 6.18 Å². The minimum Gasteiger partial charge on any atom is -0.489 e. The van der Waals surface area contributed by atoms with Gasteiger partial charge in [-0.1, -0.05) is 24.3 Å². The Morgan fingerprint density at radius 1 is 1.05 bits per heavy atom. The molecule has 0 unspecified atom stereocenters. The largest absolute Gasteiger partial charge is 0.489 e. The number of hydrogen-bond acceptors (Lipinski definition) is 2. The lowest BCUT2D eigenvalue weighted by Crippen LogP contribution is -2.06. The Kier molecular flexibility index (Phi) is 4.53. The molecule has 0 bridgehead atoms. The second kappa shape index (κ2) is 6.18. The highest BCUT2D eigenvalue weighted by Gasteiger charge is 2.30. The first-order valence-corrected chi connectivity index (χ1v) is 6.48. The molecule has 0 spiro atoms. The van der Waals surface area contributed by atoms with Gasteiger partial charge in [-0.2, -0.15) is 13.2 Å². The fourth-order valence-corrected chi connectivity index (χ4v) is 1.93. The average Bonchev–Trinajstić information content (AvgIpc) is 2.46. The fraction of sp³-hybridized carbons (Fsp3) is 0.250. The lowest BCUT2D eigenvalue weighted by atomic mass is 10.1. The second-order valence-corrected chi connectivity index (χ2v) is 4.79. The van der Waals surface area contributed by atoms with E-state index in [1.807, 2.05) is 25.1 Å². The van der Waals surface area contributed by atoms with Gasteiger partial charge in [0, 0.05) is 6.54 Å². The van der Waals surface area contributed by atoms with Crippen LogP contribution in [0.1, 0.15) is 22.3 Å². The van der Waals surface area contributed by atoms with Gasteiger partial charge in [-0.3, -0.25) is 0 Å². The van der Waals surface area contributed by atoms with Gasteiger partial charge in [-0.15, -0.1) is 0 Å². The zero-order chi connectivity index (χ0) is 15.5. The molecule has 0 saturated heterocycles. The van der Waals surface area contributed by atoms with E-state index < -0.39 is 11.7 Å². The van der Waals surface area contributed by atoms with Crippen molar-refractivity contribution in [2.75, 3.05) is 0 Å². The smallest absolute Gasteiger partial charge is 0.416 e. The monoisotopic (exact) mass is 295 g/mol. The normalized spacial score (nSPS) is 11.5. The summed E-state index contributed by atoms with van der Waals surface area (Å²) in [7, 11) is 0. The highest BCUT2D eigenvalue weighted by Crippen LogP contribution is 2.30. The van der Waals surface area contributed by atoms with Crippen LogP contribution in [0.4, 0.5) is 13.2 Å². The van der Waals surface area contributed by atoms with E-state index in [4.69, 9.17) is 10.5 Å². The van der Waals surface area contributed by atoms with E-state index in [1.54, 1.807) is 6.07 Å². The molecule has 0 saturated carbocycles. The summed E-state index contributed by atoms with van der Waals surface area (Å²) in [5.41, 5.74) is 7.20. The average molecular weight is 295 g/mol. The molecule has 0 radical (unpaired) electrons. The number of alkyl halides is 3. The molecule has 2 aromatic rings. The Balaban J connectivity index is 2.13. The summed E-state index contributed by atoms with van der Waals surface area (Å²) in [5.74, 6) is 0.635. The number of rotatable bonds is 4. The number of hydrogen-bond donors (Lipinski definition) is 1. The molecule has 2 N–H and O–H groups in total. The predicted octanol–water partition coefficient (Wildman–Crippen LogP) is 4.05. The number of halogens is 3. The van der Waals surface area contributed by atoms with Crippen LogP contribution in [0.15, 0.2) is 42.5 Å². The first-order chi connectivity index (χ1) is 9.90. The summed E-state index contributed by atoms with van der Waals surface area (Å²) in [4.78, 5) is 0. The molecule has 0 aliphatic rings. The van der Waals surface area contributed by atoms with Crippen LogP contribution in [0, 0.1) is 6.92 Å². The Hall–Kier alpha value is -2.01. The number of benzene rings is 2. The maximum absolute atomic E-state index is 12.6. The molecule has 0 atom stereocenters. The molecule has 0 aromatic heterocycles. The highest BCUT2D eigenvalue weighted by molar-refractivity contribution is 5.37. The topological polar surface area (TPSA) is 35.2 Å². The summed E-state index contributed by atoms with van der Waals surface area (Å²) in [6.07, 6.45) is -4.34. The summed E-state index contributed by atoms with van der Waals surface area (Å²) in [6.45, 7) is 2.35. The molecule has 0 heterocycles. The Morgan fingerprint density at radius 3 is 2.48 bits per heavy atom. The van der Waals surface area contributed by atoms with E-state index in [0.29, 0.717) is 17.9 Å². The van der Waals surface area contributed by atoms with E-state index in [1.165, 1.54) is 6.07 Å². The van der Waals surface area contributed by atoms with Crippen molar-refractivity contribution >= 4 is 0 Å². The quantitative estimate of drug-likeness (QED) is 0.923. The zero-order valence-corrected chi connectivity index (χ0v) is 11.6. The van der Waals surface area contributed by atoms with Crippen molar-refractivity contribution in [2.24, 2.45) is 5.73 Å². The molecular formula is C16H16F3NO. The molecule has 0 fully saturated rings. The van der Waals surface area contributed by atoms with E-state index >= 15 is 0 Å². The minimum absolute atomic E-state index is 0.0821. The maximum Gasteiger partial charge on any atom is 0.416 e. The molecule has 0 aliphatic heterocycles. The second-order valence-electron chi connectivity index (χ2n) is 4.79. The van der Waals surface area contributed by atoms with Crippen molar-refractivity contribution in [3.8, 4) is 5.75 Å². The molecule has 0 amide bonds. The van der Waals surface area contributed by atoms with Crippen molar-refractivity contribution in [3.63, 3.8) is 0 Å². The summed E-state index contributed by atoms with van der Waals surface area (Å²) in [5, 5.41) is 0.